The number of sulfonamides is 1. The van der Waals surface area contributed by atoms with E-state index in [9.17, 15) is 21.6 Å². The molecule has 0 aromatic heterocycles. The zero-order valence-electron chi connectivity index (χ0n) is 16.6. The van der Waals surface area contributed by atoms with Crippen LogP contribution < -0.4 is 10.2 Å². The van der Waals surface area contributed by atoms with Crippen LogP contribution in [-0.2, 0) is 31.2 Å². The fourth-order valence-corrected chi connectivity index (χ4v) is 5.07. The lowest BCUT2D eigenvalue weighted by atomic mass is 10.1. The maximum atomic E-state index is 13.4. The molecule has 2 aromatic rings. The summed E-state index contributed by atoms with van der Waals surface area (Å²) in [7, 11) is -6.28. The summed E-state index contributed by atoms with van der Waals surface area (Å²) in [6.45, 7) is -0.197. The average Bonchev–Trinajstić information content (AvgIpc) is 2.72. The molecule has 30 heavy (non-hydrogen) atoms. The van der Waals surface area contributed by atoms with E-state index < -0.39 is 37.6 Å². The van der Waals surface area contributed by atoms with Gasteiger partial charge in [0.2, 0.25) is 10.0 Å². The van der Waals surface area contributed by atoms with Crippen molar-refractivity contribution in [3.8, 4) is 5.75 Å². The lowest BCUT2D eigenvalue weighted by Gasteiger charge is -2.29. The van der Waals surface area contributed by atoms with Crippen molar-refractivity contribution in [2.75, 3.05) is 19.1 Å². The lowest BCUT2D eigenvalue weighted by Crippen LogP contribution is -2.49. The summed E-state index contributed by atoms with van der Waals surface area (Å²) >= 11 is 0. The summed E-state index contributed by atoms with van der Waals surface area (Å²) in [4.78, 5) is 12.3. The Balaban J connectivity index is 2.53. The number of nitrogens with zero attached hydrogens (tertiary/aromatic N) is 1. The van der Waals surface area contributed by atoms with E-state index in [0.717, 1.165) is 10.6 Å². The van der Waals surface area contributed by atoms with Gasteiger partial charge in [-0.25, -0.2) is 22.3 Å². The van der Waals surface area contributed by atoms with Crippen LogP contribution in [-0.4, -0.2) is 57.4 Å². The quantitative estimate of drug-likeness (QED) is 0.406. The van der Waals surface area contributed by atoms with E-state index in [1.54, 1.807) is 30.3 Å². The van der Waals surface area contributed by atoms with Gasteiger partial charge in [-0.1, -0.05) is 30.3 Å². The molecule has 0 spiro atoms. The zero-order chi connectivity index (χ0) is 22.4. The molecule has 2 N–H and O–H groups in total. The SMILES string of the molecule is COc1ccc(S(=O)(=O)N(Cc2ccccc2)[C@H](CCS(C)(=O)=O)C(=O)NO)cc1. The third-order valence-electron chi connectivity index (χ3n) is 4.37. The normalized spacial score (nSPS) is 13.1. The van der Waals surface area contributed by atoms with Crippen molar-refractivity contribution in [1.29, 1.82) is 0 Å². The van der Waals surface area contributed by atoms with Crippen molar-refractivity contribution in [1.82, 2.24) is 9.79 Å². The molecule has 0 bridgehead atoms. The molecule has 11 heteroatoms. The van der Waals surface area contributed by atoms with Crippen molar-refractivity contribution in [2.24, 2.45) is 0 Å². The van der Waals surface area contributed by atoms with Gasteiger partial charge in [0.15, 0.2) is 0 Å². The first-order chi connectivity index (χ1) is 14.1. The molecule has 1 amide bonds. The standard InChI is InChI=1S/C19H24N2O7S2/c1-28-16-8-10-17(11-9-16)30(26,27)21(14-15-6-4-3-5-7-15)18(19(22)20-23)12-13-29(2,24)25/h3-11,18,23H,12-14H2,1-2H3,(H,20,22)/t18-/m1/s1. The highest BCUT2D eigenvalue weighted by Gasteiger charge is 2.36. The number of hydroxylamine groups is 1. The van der Waals surface area contributed by atoms with Crippen LogP contribution in [0.15, 0.2) is 59.5 Å². The van der Waals surface area contributed by atoms with Crippen LogP contribution >= 0.6 is 0 Å². The minimum atomic E-state index is -4.24. The molecule has 2 rings (SSSR count). The first-order valence-corrected chi connectivity index (χ1v) is 12.4. The molecular weight excluding hydrogens is 432 g/mol. The molecule has 0 aliphatic rings. The maximum Gasteiger partial charge on any atom is 0.261 e. The number of rotatable bonds is 10. The largest absolute Gasteiger partial charge is 0.497 e. The third kappa shape index (κ3) is 6.26. The van der Waals surface area contributed by atoms with Crippen molar-refractivity contribution < 1.29 is 31.6 Å². The second-order valence-corrected chi connectivity index (χ2v) is 10.8. The van der Waals surface area contributed by atoms with E-state index in [1.165, 1.54) is 36.9 Å². The Kier molecular flexibility index (Phi) is 7.96. The second-order valence-electron chi connectivity index (χ2n) is 6.62. The smallest absolute Gasteiger partial charge is 0.261 e. The number of methoxy groups -OCH3 is 1. The molecule has 2 aromatic carbocycles. The van der Waals surface area contributed by atoms with Crippen molar-refractivity contribution >= 4 is 25.8 Å². The average molecular weight is 457 g/mol. The second kappa shape index (κ2) is 10.0. The minimum absolute atomic E-state index is 0.102. The Morgan fingerprint density at radius 3 is 2.17 bits per heavy atom. The predicted molar refractivity (Wildman–Crippen MR) is 110 cm³/mol. The van der Waals surface area contributed by atoms with Crippen LogP contribution in [0.2, 0.25) is 0 Å². The van der Waals surface area contributed by atoms with Crippen LogP contribution in [0.5, 0.6) is 5.75 Å². The number of nitrogens with one attached hydrogen (secondary N) is 1. The van der Waals surface area contributed by atoms with E-state index in [4.69, 9.17) is 9.94 Å². The van der Waals surface area contributed by atoms with Gasteiger partial charge in [0.1, 0.15) is 21.6 Å². The molecule has 0 saturated carbocycles. The van der Waals surface area contributed by atoms with Crippen molar-refractivity contribution in [3.05, 3.63) is 60.2 Å². The topological polar surface area (TPSA) is 130 Å². The molecule has 1 atom stereocenters. The molecular formula is C19H24N2O7S2. The highest BCUT2D eigenvalue weighted by atomic mass is 32.2. The fraction of sp³-hybridized carbons (Fsp3) is 0.316. The molecule has 0 heterocycles. The number of benzene rings is 2. The lowest BCUT2D eigenvalue weighted by molar-refractivity contribution is -0.133. The van der Waals surface area contributed by atoms with Gasteiger partial charge in [0.25, 0.3) is 5.91 Å². The first-order valence-electron chi connectivity index (χ1n) is 8.90. The zero-order valence-corrected chi connectivity index (χ0v) is 18.2. The number of hydrogen-bond acceptors (Lipinski definition) is 7. The summed E-state index contributed by atoms with van der Waals surface area (Å²) < 4.78 is 56.0. The van der Waals surface area contributed by atoms with Crippen molar-refractivity contribution in [3.63, 3.8) is 0 Å². The summed E-state index contributed by atoms with van der Waals surface area (Å²) in [6, 6.07) is 12.7. The number of carbonyl (C=O) groups is 1. The van der Waals surface area contributed by atoms with E-state index in [0.29, 0.717) is 11.3 Å². The van der Waals surface area contributed by atoms with Crippen LogP contribution in [0.1, 0.15) is 12.0 Å². The van der Waals surface area contributed by atoms with E-state index >= 15 is 0 Å². The van der Waals surface area contributed by atoms with Gasteiger partial charge < -0.3 is 4.74 Å². The van der Waals surface area contributed by atoms with E-state index in [2.05, 4.69) is 0 Å². The maximum absolute atomic E-state index is 13.4. The van der Waals surface area contributed by atoms with Gasteiger partial charge in [-0.2, -0.15) is 4.31 Å². The molecule has 0 aliphatic heterocycles. The van der Waals surface area contributed by atoms with Crippen LogP contribution in [0.3, 0.4) is 0 Å². The Morgan fingerprint density at radius 1 is 1.07 bits per heavy atom. The van der Waals surface area contributed by atoms with Crippen molar-refractivity contribution in [2.45, 2.75) is 23.9 Å². The van der Waals surface area contributed by atoms with Gasteiger partial charge in [-0.15, -0.1) is 0 Å². The highest BCUT2D eigenvalue weighted by Crippen LogP contribution is 2.25. The Bertz CT molecular complexity index is 1050. The third-order valence-corrected chi connectivity index (χ3v) is 7.22. The highest BCUT2D eigenvalue weighted by molar-refractivity contribution is 7.90. The number of ether oxygens (including phenoxy) is 1. The molecule has 9 nitrogen and oxygen atoms in total. The number of amides is 1. The summed E-state index contributed by atoms with van der Waals surface area (Å²) in [5.41, 5.74) is 2.04. The van der Waals surface area contributed by atoms with Gasteiger partial charge in [0.05, 0.1) is 17.8 Å². The number of carbonyl (C=O) groups excluding carboxylic acids is 1. The fourth-order valence-electron chi connectivity index (χ4n) is 2.82. The van der Waals surface area contributed by atoms with Gasteiger partial charge >= 0.3 is 0 Å². The van der Waals surface area contributed by atoms with E-state index in [1.807, 2.05) is 0 Å². The monoisotopic (exact) mass is 456 g/mol. The van der Waals surface area contributed by atoms with Crippen LogP contribution in [0.4, 0.5) is 0 Å². The Morgan fingerprint density at radius 2 is 1.67 bits per heavy atom. The molecule has 0 fully saturated rings. The molecule has 0 radical (unpaired) electrons. The van der Waals surface area contributed by atoms with Gasteiger partial charge in [-0.05, 0) is 36.2 Å². The minimum Gasteiger partial charge on any atom is -0.497 e. The van der Waals surface area contributed by atoms with Gasteiger partial charge in [0, 0.05) is 12.8 Å². The molecule has 0 saturated heterocycles. The predicted octanol–water partition coefficient (Wildman–Crippen LogP) is 1.19. The number of sulfone groups is 1. The van der Waals surface area contributed by atoms with Gasteiger partial charge in [-0.3, -0.25) is 10.0 Å². The van der Waals surface area contributed by atoms with Crippen LogP contribution in [0.25, 0.3) is 0 Å². The van der Waals surface area contributed by atoms with E-state index in [-0.39, 0.29) is 17.9 Å². The summed E-state index contributed by atoms with van der Waals surface area (Å²) in [5, 5.41) is 9.17. The molecule has 0 unspecified atom stereocenters. The van der Waals surface area contributed by atoms with Crippen LogP contribution in [0, 0.1) is 0 Å². The Labute approximate surface area is 176 Å². The molecule has 0 aliphatic carbocycles. The first kappa shape index (κ1) is 23.8. The molecule has 164 valence electrons. The number of hydrogen-bond donors (Lipinski definition) is 2. The summed E-state index contributed by atoms with van der Waals surface area (Å²) in [6.07, 6.45) is 0.661. The Hall–Kier alpha value is -2.47. The summed E-state index contributed by atoms with van der Waals surface area (Å²) in [5.74, 6) is -1.01.